The number of aromatic nitrogens is 2. The first-order valence-corrected chi connectivity index (χ1v) is 6.72. The number of hydrogen-bond acceptors (Lipinski definition) is 2. The first kappa shape index (κ1) is 16.1. The summed E-state index contributed by atoms with van der Waals surface area (Å²) in [6, 6.07) is 8.27. The Morgan fingerprint density at radius 3 is 2.45 bits per heavy atom. The summed E-state index contributed by atoms with van der Waals surface area (Å²) in [5.74, 6) is -0.398. The lowest BCUT2D eigenvalue weighted by Crippen LogP contribution is -2.30. The molecule has 0 bridgehead atoms. The molecule has 22 heavy (non-hydrogen) atoms. The minimum atomic E-state index is -4.50. The zero-order chi connectivity index (χ0) is 16.3. The van der Waals surface area contributed by atoms with Gasteiger partial charge in [-0.1, -0.05) is 29.8 Å². The van der Waals surface area contributed by atoms with Crippen molar-refractivity contribution < 1.29 is 18.0 Å². The fourth-order valence-electron chi connectivity index (χ4n) is 1.97. The summed E-state index contributed by atoms with van der Waals surface area (Å²) in [6.07, 6.45) is -3.37. The molecule has 0 saturated heterocycles. The van der Waals surface area contributed by atoms with Crippen molar-refractivity contribution in [1.82, 2.24) is 15.1 Å². The molecule has 2 rings (SSSR count). The predicted octanol–water partition coefficient (Wildman–Crippen LogP) is 3.09. The van der Waals surface area contributed by atoms with E-state index >= 15 is 0 Å². The number of carbonyl (C=O) groups is 1. The number of amides is 1. The predicted molar refractivity (Wildman–Crippen MR) is 75.0 cm³/mol. The maximum absolute atomic E-state index is 12.4. The van der Waals surface area contributed by atoms with Crippen molar-refractivity contribution in [1.29, 1.82) is 0 Å². The molecule has 2 aromatic rings. The van der Waals surface area contributed by atoms with Crippen LogP contribution in [-0.2, 0) is 17.5 Å². The number of alkyl halides is 3. The first-order chi connectivity index (χ1) is 10.3. The average molecular weight is 311 g/mol. The molecule has 1 aromatic carbocycles. The number of halogens is 3. The van der Waals surface area contributed by atoms with Gasteiger partial charge in [0.2, 0.25) is 5.91 Å². The number of nitrogens with zero attached hydrogens (tertiary/aromatic N) is 2. The fraction of sp³-hybridized carbons (Fsp3) is 0.333. The van der Waals surface area contributed by atoms with Crippen molar-refractivity contribution >= 4 is 5.91 Å². The molecule has 0 fully saturated rings. The van der Waals surface area contributed by atoms with Crippen LogP contribution in [0.3, 0.4) is 0 Å². The SMILES string of the molecule is Cc1ccc(C(C)NC(=O)Cn2ccc(C(F)(F)F)n2)cc1. The highest BCUT2D eigenvalue weighted by molar-refractivity contribution is 5.76. The van der Waals surface area contributed by atoms with Gasteiger partial charge in [0.15, 0.2) is 5.69 Å². The highest BCUT2D eigenvalue weighted by Gasteiger charge is 2.33. The van der Waals surface area contributed by atoms with Crippen LogP contribution >= 0.6 is 0 Å². The van der Waals surface area contributed by atoms with Gasteiger partial charge >= 0.3 is 6.18 Å². The van der Waals surface area contributed by atoms with Crippen LogP contribution in [0.25, 0.3) is 0 Å². The monoisotopic (exact) mass is 311 g/mol. The van der Waals surface area contributed by atoms with E-state index in [2.05, 4.69) is 10.4 Å². The lowest BCUT2D eigenvalue weighted by atomic mass is 10.1. The van der Waals surface area contributed by atoms with Gasteiger partial charge in [0.05, 0.1) is 6.04 Å². The smallest absolute Gasteiger partial charge is 0.348 e. The second-order valence-corrected chi connectivity index (χ2v) is 5.10. The van der Waals surface area contributed by atoms with Gasteiger partial charge in [-0.25, -0.2) is 0 Å². The molecule has 1 aromatic heterocycles. The van der Waals surface area contributed by atoms with E-state index in [1.54, 1.807) is 0 Å². The fourth-order valence-corrected chi connectivity index (χ4v) is 1.97. The molecule has 0 aliphatic heterocycles. The third kappa shape index (κ3) is 4.09. The van der Waals surface area contributed by atoms with Crippen LogP contribution in [0.2, 0.25) is 0 Å². The van der Waals surface area contributed by atoms with Gasteiger partial charge in [0.1, 0.15) is 6.54 Å². The van der Waals surface area contributed by atoms with Crippen LogP contribution in [0, 0.1) is 6.92 Å². The molecule has 0 saturated carbocycles. The second-order valence-electron chi connectivity index (χ2n) is 5.10. The van der Waals surface area contributed by atoms with Crippen LogP contribution in [-0.4, -0.2) is 15.7 Å². The van der Waals surface area contributed by atoms with Crippen LogP contribution < -0.4 is 5.32 Å². The molecule has 118 valence electrons. The standard InChI is InChI=1S/C15H16F3N3O/c1-10-3-5-12(6-4-10)11(2)19-14(22)9-21-8-7-13(20-21)15(16,17)18/h3-8,11H,9H2,1-2H3,(H,19,22). The molecule has 0 aliphatic carbocycles. The average Bonchev–Trinajstić information content (AvgIpc) is 2.87. The molecule has 7 heteroatoms. The maximum Gasteiger partial charge on any atom is 0.435 e. The highest BCUT2D eigenvalue weighted by Crippen LogP contribution is 2.27. The molecule has 1 atom stereocenters. The van der Waals surface area contributed by atoms with E-state index in [0.717, 1.165) is 28.1 Å². The number of nitrogens with one attached hydrogen (secondary N) is 1. The summed E-state index contributed by atoms with van der Waals surface area (Å²) in [5, 5.41) is 6.08. The van der Waals surface area contributed by atoms with E-state index < -0.39 is 17.8 Å². The Hall–Kier alpha value is -2.31. The minimum Gasteiger partial charge on any atom is -0.348 e. The molecule has 1 unspecified atom stereocenters. The molecule has 1 heterocycles. The number of hydrogen-bond donors (Lipinski definition) is 1. The van der Waals surface area contributed by atoms with Crippen LogP contribution in [0.1, 0.15) is 29.8 Å². The Bertz CT molecular complexity index is 647. The largest absolute Gasteiger partial charge is 0.435 e. The molecule has 4 nitrogen and oxygen atoms in total. The Balaban J connectivity index is 1.95. The summed E-state index contributed by atoms with van der Waals surface area (Å²) < 4.78 is 38.3. The summed E-state index contributed by atoms with van der Waals surface area (Å²) in [4.78, 5) is 11.9. The zero-order valence-electron chi connectivity index (χ0n) is 12.2. The normalized spacial score (nSPS) is 13.0. The van der Waals surface area contributed by atoms with Crippen molar-refractivity contribution in [3.63, 3.8) is 0 Å². The van der Waals surface area contributed by atoms with Crippen molar-refractivity contribution in [3.05, 3.63) is 53.3 Å². The lowest BCUT2D eigenvalue weighted by Gasteiger charge is -2.14. The van der Waals surface area contributed by atoms with E-state index in [4.69, 9.17) is 0 Å². The topological polar surface area (TPSA) is 46.9 Å². The minimum absolute atomic E-state index is 0.231. The summed E-state index contributed by atoms with van der Waals surface area (Å²) >= 11 is 0. The van der Waals surface area contributed by atoms with Crippen molar-refractivity contribution in [3.8, 4) is 0 Å². The molecule has 0 radical (unpaired) electrons. The lowest BCUT2D eigenvalue weighted by molar-refractivity contribution is -0.141. The summed E-state index contributed by atoms with van der Waals surface area (Å²) in [7, 11) is 0. The number of rotatable bonds is 4. The summed E-state index contributed by atoms with van der Waals surface area (Å²) in [5.41, 5.74) is 1.03. The van der Waals surface area contributed by atoms with E-state index in [0.29, 0.717) is 0 Å². The quantitative estimate of drug-likeness (QED) is 0.943. The van der Waals surface area contributed by atoms with Crippen LogP contribution in [0.15, 0.2) is 36.5 Å². The van der Waals surface area contributed by atoms with Gasteiger partial charge in [-0.3, -0.25) is 9.48 Å². The van der Waals surface area contributed by atoms with Crippen molar-refractivity contribution in [2.75, 3.05) is 0 Å². The Morgan fingerprint density at radius 1 is 1.27 bits per heavy atom. The molecular formula is C15H16F3N3O. The number of aryl methyl sites for hydroxylation is 1. The molecule has 1 amide bonds. The van der Waals surface area contributed by atoms with E-state index in [-0.39, 0.29) is 12.6 Å². The van der Waals surface area contributed by atoms with E-state index in [9.17, 15) is 18.0 Å². The second kappa shape index (κ2) is 6.21. The Kier molecular flexibility index (Phi) is 4.54. The summed E-state index contributed by atoms with van der Waals surface area (Å²) in [6.45, 7) is 3.52. The molecule has 0 aliphatic rings. The molecular weight excluding hydrogens is 295 g/mol. The van der Waals surface area contributed by atoms with Gasteiger partial charge in [-0.2, -0.15) is 18.3 Å². The van der Waals surface area contributed by atoms with Crippen molar-refractivity contribution in [2.45, 2.75) is 32.6 Å². The van der Waals surface area contributed by atoms with Crippen LogP contribution in [0.5, 0.6) is 0 Å². The van der Waals surface area contributed by atoms with Gasteiger partial charge in [0, 0.05) is 6.20 Å². The van der Waals surface area contributed by atoms with Crippen LogP contribution in [0.4, 0.5) is 13.2 Å². The first-order valence-electron chi connectivity index (χ1n) is 6.72. The van der Waals surface area contributed by atoms with E-state index in [1.165, 1.54) is 0 Å². The van der Waals surface area contributed by atoms with Gasteiger partial charge < -0.3 is 5.32 Å². The third-order valence-corrected chi connectivity index (χ3v) is 3.19. The third-order valence-electron chi connectivity index (χ3n) is 3.19. The zero-order valence-corrected chi connectivity index (χ0v) is 12.2. The van der Waals surface area contributed by atoms with Crippen molar-refractivity contribution in [2.24, 2.45) is 0 Å². The van der Waals surface area contributed by atoms with Gasteiger partial charge in [0.25, 0.3) is 0 Å². The number of benzene rings is 1. The highest BCUT2D eigenvalue weighted by atomic mass is 19.4. The van der Waals surface area contributed by atoms with E-state index in [1.807, 2.05) is 38.1 Å². The van der Waals surface area contributed by atoms with Gasteiger partial charge in [-0.15, -0.1) is 0 Å². The maximum atomic E-state index is 12.4. The molecule has 0 spiro atoms. The molecule has 1 N–H and O–H groups in total. The Labute approximate surface area is 125 Å². The Morgan fingerprint density at radius 2 is 1.91 bits per heavy atom. The van der Waals surface area contributed by atoms with Gasteiger partial charge in [-0.05, 0) is 25.5 Å². The number of carbonyl (C=O) groups excluding carboxylic acids is 1.